The number of benzene rings is 1. The third-order valence-corrected chi connectivity index (χ3v) is 3.05. The number of oxazole rings is 1. The summed E-state index contributed by atoms with van der Waals surface area (Å²) in [4.78, 5) is 30.3. The number of aromatic hydroxyl groups is 1. The Hall–Kier alpha value is -3.42. The van der Waals surface area contributed by atoms with Crippen molar-refractivity contribution in [2.75, 3.05) is 6.54 Å². The Kier molecular flexibility index (Phi) is 3.63. The summed E-state index contributed by atoms with van der Waals surface area (Å²) >= 11 is 0. The van der Waals surface area contributed by atoms with E-state index in [2.05, 4.69) is 15.3 Å². The molecule has 8 nitrogen and oxygen atoms in total. The van der Waals surface area contributed by atoms with E-state index in [4.69, 9.17) is 9.52 Å². The molecule has 8 heteroatoms. The van der Waals surface area contributed by atoms with Gasteiger partial charge in [0.2, 0.25) is 5.89 Å². The van der Waals surface area contributed by atoms with Gasteiger partial charge in [-0.15, -0.1) is 0 Å². The lowest BCUT2D eigenvalue weighted by Gasteiger charge is -2.03. The lowest BCUT2D eigenvalue weighted by atomic mass is 10.2. The molecule has 0 aliphatic rings. The van der Waals surface area contributed by atoms with Crippen LogP contribution in [0.25, 0.3) is 22.6 Å². The van der Waals surface area contributed by atoms with Gasteiger partial charge in [0.15, 0.2) is 22.5 Å². The number of nitrogens with one attached hydrogen (secondary N) is 1. The molecular formula is C15H11N3O5. The van der Waals surface area contributed by atoms with Gasteiger partial charge < -0.3 is 19.9 Å². The number of carbonyl (C=O) groups excluding carboxylic acids is 1. The zero-order chi connectivity index (χ0) is 16.4. The maximum absolute atomic E-state index is 11.8. The number of aliphatic carboxylic acids is 1. The van der Waals surface area contributed by atoms with Gasteiger partial charge in [-0.1, -0.05) is 18.2 Å². The normalized spacial score (nSPS) is 10.6. The number of carbonyl (C=O) groups is 2. The van der Waals surface area contributed by atoms with Gasteiger partial charge in [0.25, 0.3) is 5.91 Å². The van der Waals surface area contributed by atoms with Crippen molar-refractivity contribution < 1.29 is 24.2 Å². The molecular weight excluding hydrogens is 302 g/mol. The number of aromatic nitrogens is 2. The van der Waals surface area contributed by atoms with Crippen molar-refractivity contribution >= 4 is 23.0 Å². The number of pyridine rings is 1. The van der Waals surface area contributed by atoms with Gasteiger partial charge in [0, 0.05) is 5.56 Å². The topological polar surface area (TPSA) is 126 Å². The first-order valence-electron chi connectivity index (χ1n) is 6.60. The smallest absolute Gasteiger partial charge is 0.322 e. The predicted molar refractivity (Wildman–Crippen MR) is 78.9 cm³/mol. The minimum Gasteiger partial charge on any atom is -0.504 e. The van der Waals surface area contributed by atoms with Crippen LogP contribution in [-0.4, -0.2) is 38.6 Å². The van der Waals surface area contributed by atoms with E-state index >= 15 is 0 Å². The Labute approximate surface area is 129 Å². The lowest BCUT2D eigenvalue weighted by Crippen LogP contribution is -2.29. The maximum atomic E-state index is 11.8. The maximum Gasteiger partial charge on any atom is 0.322 e. The highest BCUT2D eigenvalue weighted by Crippen LogP contribution is 2.30. The van der Waals surface area contributed by atoms with Crippen LogP contribution in [0.15, 0.2) is 40.9 Å². The third kappa shape index (κ3) is 2.82. The van der Waals surface area contributed by atoms with Crippen LogP contribution < -0.4 is 5.32 Å². The second-order valence-corrected chi connectivity index (χ2v) is 4.63. The number of rotatable bonds is 4. The van der Waals surface area contributed by atoms with Crippen LogP contribution in [0.2, 0.25) is 0 Å². The molecule has 3 N–H and O–H groups in total. The second-order valence-electron chi connectivity index (χ2n) is 4.63. The summed E-state index contributed by atoms with van der Waals surface area (Å²) in [6, 6.07) is 9.04. The standard InChI is InChI=1S/C15H11N3O5/c19-10(20)7-17-14(22)12-13(21)11-9(6-16-12)23-15(18-11)8-4-2-1-3-5-8/h1-6,21H,7H2,(H,17,22)(H,19,20). The average Bonchev–Trinajstić information content (AvgIpc) is 2.99. The molecule has 0 unspecified atom stereocenters. The Balaban J connectivity index is 1.99. The van der Waals surface area contributed by atoms with Crippen LogP contribution in [0.4, 0.5) is 0 Å². The highest BCUT2D eigenvalue weighted by molar-refractivity contribution is 6.00. The molecule has 1 amide bonds. The number of hydrogen-bond acceptors (Lipinski definition) is 6. The average molecular weight is 313 g/mol. The van der Waals surface area contributed by atoms with Gasteiger partial charge in [0.1, 0.15) is 6.54 Å². The van der Waals surface area contributed by atoms with E-state index in [9.17, 15) is 14.7 Å². The second kappa shape index (κ2) is 5.76. The molecule has 0 spiro atoms. The fraction of sp³-hybridized carbons (Fsp3) is 0.0667. The number of nitrogens with zero attached hydrogens (tertiary/aromatic N) is 2. The highest BCUT2D eigenvalue weighted by atomic mass is 16.4. The Morgan fingerprint density at radius 2 is 1.96 bits per heavy atom. The molecule has 116 valence electrons. The van der Waals surface area contributed by atoms with Gasteiger partial charge in [-0.05, 0) is 12.1 Å². The molecule has 0 saturated carbocycles. The van der Waals surface area contributed by atoms with Crippen LogP contribution >= 0.6 is 0 Å². The van der Waals surface area contributed by atoms with E-state index in [1.54, 1.807) is 12.1 Å². The van der Waals surface area contributed by atoms with E-state index in [0.717, 1.165) is 0 Å². The fourth-order valence-corrected chi connectivity index (χ4v) is 2.00. The first-order valence-corrected chi connectivity index (χ1v) is 6.60. The summed E-state index contributed by atoms with van der Waals surface area (Å²) in [5, 5.41) is 20.8. The predicted octanol–water partition coefficient (Wildman–Crippen LogP) is 1.41. The first kappa shape index (κ1) is 14.5. The summed E-state index contributed by atoms with van der Waals surface area (Å²) in [7, 11) is 0. The SMILES string of the molecule is O=C(O)CNC(=O)c1ncc2oc(-c3ccccc3)nc2c1O. The van der Waals surface area contributed by atoms with Gasteiger partial charge in [-0.3, -0.25) is 9.59 Å². The van der Waals surface area contributed by atoms with Crippen LogP contribution in [0.5, 0.6) is 5.75 Å². The van der Waals surface area contributed by atoms with E-state index in [1.807, 2.05) is 18.2 Å². The van der Waals surface area contributed by atoms with Crippen molar-refractivity contribution in [3.05, 3.63) is 42.2 Å². The number of fused-ring (bicyclic) bond motifs is 1. The molecule has 0 aliphatic carbocycles. The molecule has 0 saturated heterocycles. The van der Waals surface area contributed by atoms with Crippen molar-refractivity contribution in [3.8, 4) is 17.2 Å². The number of amides is 1. The molecule has 0 bridgehead atoms. The van der Waals surface area contributed by atoms with E-state index in [0.29, 0.717) is 5.56 Å². The minimum atomic E-state index is -1.20. The van der Waals surface area contributed by atoms with Gasteiger partial charge in [-0.25, -0.2) is 9.97 Å². The van der Waals surface area contributed by atoms with Crippen LogP contribution in [0.1, 0.15) is 10.5 Å². The van der Waals surface area contributed by atoms with Crippen molar-refractivity contribution in [1.82, 2.24) is 15.3 Å². The quantitative estimate of drug-likeness (QED) is 0.664. The number of hydrogen-bond donors (Lipinski definition) is 3. The summed E-state index contributed by atoms with van der Waals surface area (Å²) in [6.07, 6.45) is 1.25. The zero-order valence-corrected chi connectivity index (χ0v) is 11.7. The zero-order valence-electron chi connectivity index (χ0n) is 11.7. The van der Waals surface area contributed by atoms with Crippen molar-refractivity contribution in [1.29, 1.82) is 0 Å². The molecule has 3 aromatic rings. The Morgan fingerprint density at radius 1 is 1.22 bits per heavy atom. The molecule has 23 heavy (non-hydrogen) atoms. The highest BCUT2D eigenvalue weighted by Gasteiger charge is 2.20. The molecule has 0 atom stereocenters. The third-order valence-electron chi connectivity index (χ3n) is 3.05. The number of carboxylic acid groups (broad SMARTS) is 1. The minimum absolute atomic E-state index is 0.0827. The first-order chi connectivity index (χ1) is 11.1. The fourth-order valence-electron chi connectivity index (χ4n) is 2.00. The summed E-state index contributed by atoms with van der Waals surface area (Å²) in [5.41, 5.74) is 0.696. The van der Waals surface area contributed by atoms with Gasteiger partial charge in [0.05, 0.1) is 6.20 Å². The van der Waals surface area contributed by atoms with Crippen molar-refractivity contribution in [2.45, 2.75) is 0 Å². The molecule has 2 aromatic heterocycles. The van der Waals surface area contributed by atoms with Gasteiger partial charge >= 0.3 is 5.97 Å². The van der Waals surface area contributed by atoms with Crippen LogP contribution in [-0.2, 0) is 4.79 Å². The molecule has 3 rings (SSSR count). The molecule has 1 aromatic carbocycles. The van der Waals surface area contributed by atoms with E-state index in [1.165, 1.54) is 6.20 Å². The largest absolute Gasteiger partial charge is 0.504 e. The van der Waals surface area contributed by atoms with Crippen molar-refractivity contribution in [3.63, 3.8) is 0 Å². The lowest BCUT2D eigenvalue weighted by molar-refractivity contribution is -0.135. The molecule has 0 fully saturated rings. The van der Waals surface area contributed by atoms with Crippen LogP contribution in [0.3, 0.4) is 0 Å². The summed E-state index contributed by atoms with van der Waals surface area (Å²) in [6.45, 7) is -0.577. The van der Waals surface area contributed by atoms with Crippen LogP contribution in [0, 0.1) is 0 Å². The molecule has 0 radical (unpaired) electrons. The summed E-state index contributed by atoms with van der Waals surface area (Å²) < 4.78 is 5.51. The monoisotopic (exact) mass is 313 g/mol. The van der Waals surface area contributed by atoms with E-state index < -0.39 is 24.2 Å². The number of carboxylic acids is 1. The van der Waals surface area contributed by atoms with Crippen molar-refractivity contribution in [2.24, 2.45) is 0 Å². The molecule has 0 aliphatic heterocycles. The van der Waals surface area contributed by atoms with Gasteiger partial charge in [-0.2, -0.15) is 0 Å². The Morgan fingerprint density at radius 3 is 2.65 bits per heavy atom. The molecule has 2 heterocycles. The summed E-state index contributed by atoms with van der Waals surface area (Å²) in [5.74, 6) is -2.19. The Bertz CT molecular complexity index is 889. The van der Waals surface area contributed by atoms with E-state index in [-0.39, 0.29) is 22.7 Å².